The largest absolute Gasteiger partial charge is 0.329 e. The maximum Gasteiger partial charge on any atom is 0.271 e. The Bertz CT molecular complexity index is 152. The summed E-state index contributed by atoms with van der Waals surface area (Å²) in [4.78, 5) is 22.6. The highest BCUT2D eigenvalue weighted by Crippen LogP contribution is 2.04. The van der Waals surface area contributed by atoms with Crippen LogP contribution in [-0.2, 0) is 9.59 Å². The van der Waals surface area contributed by atoms with Crippen LogP contribution in [0.5, 0.6) is 0 Å². The molecule has 0 aliphatic carbocycles. The molecule has 1 N–H and O–H groups in total. The van der Waals surface area contributed by atoms with E-state index in [2.05, 4.69) is 4.99 Å². The summed E-state index contributed by atoms with van der Waals surface area (Å²) in [5, 5.41) is -0.675. The molecular formula is C4H5NO3S. The van der Waals surface area contributed by atoms with Gasteiger partial charge in [-0.15, -0.1) is 4.99 Å². The molecule has 0 heterocycles. The molecule has 50 valence electrons. The van der Waals surface area contributed by atoms with E-state index < -0.39 is 11.2 Å². The maximum absolute atomic E-state index is 10.4. The first kappa shape index (κ1) is 8.36. The summed E-state index contributed by atoms with van der Waals surface area (Å²) in [5.41, 5.74) is 0. The predicted octanol–water partition coefficient (Wildman–Crippen LogP) is 0.443. The summed E-state index contributed by atoms with van der Waals surface area (Å²) >= 11 is 0.351. The highest BCUT2D eigenvalue weighted by atomic mass is 32.2. The van der Waals surface area contributed by atoms with Crippen molar-refractivity contribution in [3.05, 3.63) is 0 Å². The Labute approximate surface area is 56.2 Å². The van der Waals surface area contributed by atoms with Gasteiger partial charge < -0.3 is 4.55 Å². The molecule has 4 nitrogen and oxygen atoms in total. The molecule has 5 heteroatoms. The zero-order valence-electron chi connectivity index (χ0n) is 4.70. The van der Waals surface area contributed by atoms with Crippen LogP contribution < -0.4 is 0 Å². The highest BCUT2D eigenvalue weighted by Gasteiger charge is 2.10. The van der Waals surface area contributed by atoms with Crippen LogP contribution in [0, 0.1) is 0 Å². The predicted molar refractivity (Wildman–Crippen MR) is 32.8 cm³/mol. The van der Waals surface area contributed by atoms with Gasteiger partial charge in [-0.3, -0.25) is 4.79 Å². The van der Waals surface area contributed by atoms with Gasteiger partial charge in [-0.1, -0.05) is 0 Å². The number of carbonyl (C=O) groups excluding carboxylic acids is 2. The van der Waals surface area contributed by atoms with E-state index in [9.17, 15) is 9.59 Å². The number of rotatable bonds is 2. The molecule has 9 heavy (non-hydrogen) atoms. The number of carbonyl (C=O) groups is 1. The molecule has 0 aromatic rings. The molecule has 0 radical (unpaired) electrons. The summed E-state index contributed by atoms with van der Waals surface area (Å²) in [6.07, 6.45) is 1.08. The minimum atomic E-state index is -0.675. The van der Waals surface area contributed by atoms with Crippen LogP contribution in [0.25, 0.3) is 0 Å². The standard InChI is InChI=1S/C4H5NO3S/c1-3(9-8)4(7)5-2-6/h3,8H,1H3. The van der Waals surface area contributed by atoms with E-state index in [4.69, 9.17) is 4.55 Å². The van der Waals surface area contributed by atoms with Gasteiger partial charge in [0.1, 0.15) is 5.25 Å². The fourth-order valence-electron chi connectivity index (χ4n) is 0.181. The molecule has 0 aliphatic heterocycles. The molecule has 1 unspecified atom stereocenters. The lowest BCUT2D eigenvalue weighted by molar-refractivity contribution is -0.117. The topological polar surface area (TPSA) is 66.7 Å². The van der Waals surface area contributed by atoms with Crippen LogP contribution in [0.15, 0.2) is 4.99 Å². The van der Waals surface area contributed by atoms with Crippen molar-refractivity contribution in [3.63, 3.8) is 0 Å². The molecular weight excluding hydrogens is 142 g/mol. The van der Waals surface area contributed by atoms with Gasteiger partial charge in [0.2, 0.25) is 6.08 Å². The molecule has 0 bridgehead atoms. The van der Waals surface area contributed by atoms with E-state index in [0.717, 1.165) is 6.08 Å². The molecule has 0 fully saturated rings. The summed E-state index contributed by atoms with van der Waals surface area (Å²) in [5.74, 6) is -0.669. The lowest BCUT2D eigenvalue weighted by Gasteiger charge is -1.95. The Hall–Kier alpha value is -0.640. The lowest BCUT2D eigenvalue weighted by atomic mass is 10.5. The second-order valence-corrected chi connectivity index (χ2v) is 2.21. The molecule has 0 aliphatic rings. The van der Waals surface area contributed by atoms with Crippen LogP contribution >= 0.6 is 12.0 Å². The second-order valence-electron chi connectivity index (χ2n) is 1.29. The fourth-order valence-corrected chi connectivity index (χ4v) is 0.324. The van der Waals surface area contributed by atoms with Gasteiger partial charge in [0.05, 0.1) is 0 Å². The normalized spacial score (nSPS) is 11.8. The third-order valence-corrected chi connectivity index (χ3v) is 1.18. The third kappa shape index (κ3) is 3.03. The monoisotopic (exact) mass is 147 g/mol. The number of isocyanates is 1. The van der Waals surface area contributed by atoms with Crippen molar-refractivity contribution in [2.24, 2.45) is 4.99 Å². The van der Waals surface area contributed by atoms with Crippen molar-refractivity contribution in [1.29, 1.82) is 0 Å². The zero-order valence-corrected chi connectivity index (χ0v) is 5.51. The smallest absolute Gasteiger partial charge is 0.271 e. The first-order chi connectivity index (χ1) is 4.22. The summed E-state index contributed by atoms with van der Waals surface area (Å²) in [7, 11) is 0. The van der Waals surface area contributed by atoms with Crippen molar-refractivity contribution in [1.82, 2.24) is 0 Å². The van der Waals surface area contributed by atoms with Crippen LogP contribution in [0.4, 0.5) is 0 Å². The number of amides is 1. The van der Waals surface area contributed by atoms with Gasteiger partial charge in [0, 0.05) is 12.0 Å². The molecule has 0 saturated carbocycles. The molecule has 0 rings (SSSR count). The molecule has 1 amide bonds. The summed E-state index contributed by atoms with van der Waals surface area (Å²) in [6.45, 7) is 1.44. The minimum Gasteiger partial charge on any atom is -0.329 e. The van der Waals surface area contributed by atoms with Gasteiger partial charge in [0.25, 0.3) is 5.91 Å². The molecule has 1 atom stereocenters. The Balaban J connectivity index is 3.87. The van der Waals surface area contributed by atoms with Crippen LogP contribution in [0.3, 0.4) is 0 Å². The SMILES string of the molecule is CC(SO)C(=O)N=C=O. The highest BCUT2D eigenvalue weighted by molar-refractivity contribution is 7.95. The summed E-state index contributed by atoms with van der Waals surface area (Å²) in [6, 6.07) is 0. The first-order valence-electron chi connectivity index (χ1n) is 2.14. The van der Waals surface area contributed by atoms with Gasteiger partial charge in [-0.25, -0.2) is 4.79 Å². The average Bonchev–Trinajstić information content (AvgIpc) is 1.87. The average molecular weight is 147 g/mol. The first-order valence-corrected chi connectivity index (χ1v) is 2.98. The Morgan fingerprint density at radius 3 is 2.78 bits per heavy atom. The minimum absolute atomic E-state index is 0.351. The lowest BCUT2D eigenvalue weighted by Crippen LogP contribution is -2.08. The van der Waals surface area contributed by atoms with Gasteiger partial charge in [-0.2, -0.15) is 0 Å². The van der Waals surface area contributed by atoms with Gasteiger partial charge in [-0.05, 0) is 6.92 Å². The van der Waals surface area contributed by atoms with E-state index in [1.165, 1.54) is 6.92 Å². The van der Waals surface area contributed by atoms with Crippen LogP contribution in [0.2, 0.25) is 0 Å². The molecule has 0 aromatic carbocycles. The van der Waals surface area contributed by atoms with Crippen LogP contribution in [-0.4, -0.2) is 21.8 Å². The molecule has 0 spiro atoms. The van der Waals surface area contributed by atoms with E-state index in [1.54, 1.807) is 0 Å². The van der Waals surface area contributed by atoms with E-state index in [-0.39, 0.29) is 0 Å². The van der Waals surface area contributed by atoms with Crippen molar-refractivity contribution in [2.45, 2.75) is 12.2 Å². The van der Waals surface area contributed by atoms with E-state index >= 15 is 0 Å². The fraction of sp³-hybridized carbons (Fsp3) is 0.500. The molecule has 0 saturated heterocycles. The van der Waals surface area contributed by atoms with E-state index in [1.807, 2.05) is 0 Å². The Kier molecular flexibility index (Phi) is 3.96. The van der Waals surface area contributed by atoms with E-state index in [0.29, 0.717) is 12.0 Å². The van der Waals surface area contributed by atoms with Gasteiger partial charge >= 0.3 is 0 Å². The Morgan fingerprint density at radius 2 is 2.44 bits per heavy atom. The zero-order chi connectivity index (χ0) is 7.28. The maximum atomic E-state index is 10.4. The van der Waals surface area contributed by atoms with Crippen molar-refractivity contribution >= 4 is 24.0 Å². The number of hydrogen-bond donors (Lipinski definition) is 1. The van der Waals surface area contributed by atoms with Gasteiger partial charge in [0.15, 0.2) is 0 Å². The van der Waals surface area contributed by atoms with Crippen molar-refractivity contribution in [3.8, 4) is 0 Å². The van der Waals surface area contributed by atoms with Crippen molar-refractivity contribution in [2.75, 3.05) is 0 Å². The summed E-state index contributed by atoms with van der Waals surface area (Å²) < 4.78 is 8.24. The van der Waals surface area contributed by atoms with Crippen LogP contribution in [0.1, 0.15) is 6.92 Å². The second kappa shape index (κ2) is 4.26. The van der Waals surface area contributed by atoms with Crippen molar-refractivity contribution < 1.29 is 14.1 Å². The Morgan fingerprint density at radius 1 is 1.89 bits per heavy atom. The number of nitrogens with zero attached hydrogens (tertiary/aromatic N) is 1. The molecule has 0 aromatic heterocycles. The number of aliphatic imine (C=N–C) groups is 1. The third-order valence-electron chi connectivity index (χ3n) is 0.662. The number of hydrogen-bond acceptors (Lipinski definition) is 4. The quantitative estimate of drug-likeness (QED) is 0.349.